The van der Waals surface area contributed by atoms with Gasteiger partial charge >= 0.3 is 0 Å². The van der Waals surface area contributed by atoms with Crippen molar-refractivity contribution in [3.63, 3.8) is 0 Å². The highest BCUT2D eigenvalue weighted by Gasteiger charge is 2.29. The lowest BCUT2D eigenvalue weighted by Crippen LogP contribution is -2.18. The van der Waals surface area contributed by atoms with Gasteiger partial charge in [-0.1, -0.05) is 43.6 Å². The normalized spacial score (nSPS) is 21.1. The van der Waals surface area contributed by atoms with Gasteiger partial charge in [-0.15, -0.1) is 0 Å². The first-order chi connectivity index (χ1) is 10.9. The van der Waals surface area contributed by atoms with Gasteiger partial charge in [0.1, 0.15) is 11.5 Å². The first-order valence-electron chi connectivity index (χ1n) is 8.81. The molecule has 0 saturated heterocycles. The molecule has 2 rings (SSSR count). The van der Waals surface area contributed by atoms with E-state index in [1.807, 2.05) is 6.07 Å². The van der Waals surface area contributed by atoms with Crippen molar-refractivity contribution < 1.29 is 10.2 Å². The van der Waals surface area contributed by atoms with Crippen LogP contribution < -0.4 is 0 Å². The number of phenols is 2. The lowest BCUT2D eigenvalue weighted by Gasteiger charge is -2.32. The van der Waals surface area contributed by atoms with E-state index in [1.54, 1.807) is 0 Å². The molecule has 2 atom stereocenters. The van der Waals surface area contributed by atoms with Gasteiger partial charge in [0.05, 0.1) is 0 Å². The second-order valence-electron chi connectivity index (χ2n) is 7.03. The molecule has 0 amide bonds. The van der Waals surface area contributed by atoms with Gasteiger partial charge in [0.2, 0.25) is 0 Å². The third-order valence-electron chi connectivity index (χ3n) is 4.99. The number of allylic oxidation sites excluding steroid dienone is 3. The van der Waals surface area contributed by atoms with E-state index in [-0.39, 0.29) is 17.4 Å². The van der Waals surface area contributed by atoms with Crippen molar-refractivity contribution in [3.8, 4) is 11.5 Å². The number of aryl methyl sites for hydroxylation is 1. The number of aromatic hydroxyl groups is 2. The fourth-order valence-corrected chi connectivity index (χ4v) is 3.74. The Hall–Kier alpha value is -1.70. The molecule has 23 heavy (non-hydrogen) atoms. The third-order valence-corrected chi connectivity index (χ3v) is 4.99. The van der Waals surface area contributed by atoms with E-state index in [2.05, 4.69) is 33.4 Å². The predicted octanol–water partition coefficient (Wildman–Crippen LogP) is 5.85. The summed E-state index contributed by atoms with van der Waals surface area (Å²) in [6, 6.07) is 3.31. The molecule has 0 heterocycles. The quantitative estimate of drug-likeness (QED) is 0.511. The van der Waals surface area contributed by atoms with Crippen LogP contribution in [0.1, 0.15) is 69.9 Å². The molecule has 1 aliphatic carbocycles. The number of rotatable bonds is 6. The number of phenolic OH excluding ortho intramolecular Hbond substituents is 2. The van der Waals surface area contributed by atoms with E-state index in [9.17, 15) is 10.2 Å². The molecule has 0 bridgehead atoms. The summed E-state index contributed by atoms with van der Waals surface area (Å²) in [6.07, 6.45) is 8.78. The Morgan fingerprint density at radius 1 is 1.26 bits per heavy atom. The van der Waals surface area contributed by atoms with Gasteiger partial charge in [0.15, 0.2) is 0 Å². The molecule has 2 N–H and O–H groups in total. The largest absolute Gasteiger partial charge is 0.508 e. The highest BCUT2D eigenvalue weighted by atomic mass is 16.3. The monoisotopic (exact) mass is 314 g/mol. The Bertz CT molecular complexity index is 598. The Labute approximate surface area is 140 Å². The van der Waals surface area contributed by atoms with Crippen LogP contribution in [0.15, 0.2) is 35.9 Å². The Balaban J connectivity index is 2.46. The maximum Gasteiger partial charge on any atom is 0.123 e. The minimum absolute atomic E-state index is 0.154. The number of hydrogen-bond donors (Lipinski definition) is 2. The van der Waals surface area contributed by atoms with Gasteiger partial charge in [0.25, 0.3) is 0 Å². The van der Waals surface area contributed by atoms with Crippen molar-refractivity contribution in [3.05, 3.63) is 47.1 Å². The van der Waals surface area contributed by atoms with Crippen LogP contribution in [0.3, 0.4) is 0 Å². The van der Waals surface area contributed by atoms with E-state index < -0.39 is 0 Å². The topological polar surface area (TPSA) is 40.5 Å². The molecular formula is C21H30O2. The molecule has 0 spiro atoms. The summed E-state index contributed by atoms with van der Waals surface area (Å²) in [5, 5.41) is 20.5. The lowest BCUT2D eigenvalue weighted by molar-refractivity contribution is 0.423. The third kappa shape index (κ3) is 4.19. The summed E-state index contributed by atoms with van der Waals surface area (Å²) in [6.45, 7) is 10.6. The molecule has 1 unspecified atom stereocenters. The molecule has 0 saturated carbocycles. The Kier molecular flexibility index (Phi) is 5.92. The second kappa shape index (κ2) is 7.72. The summed E-state index contributed by atoms with van der Waals surface area (Å²) in [5.74, 6) is 0.900. The highest BCUT2D eigenvalue weighted by Crippen LogP contribution is 2.45. The van der Waals surface area contributed by atoms with Crippen molar-refractivity contribution in [1.82, 2.24) is 0 Å². The molecule has 1 aromatic carbocycles. The van der Waals surface area contributed by atoms with Crippen LogP contribution >= 0.6 is 0 Å². The average molecular weight is 314 g/mol. The maximum absolute atomic E-state index is 10.5. The van der Waals surface area contributed by atoms with Crippen LogP contribution in [0.2, 0.25) is 0 Å². The molecule has 0 radical (unpaired) electrons. The summed E-state index contributed by atoms with van der Waals surface area (Å²) in [7, 11) is 0. The first kappa shape index (κ1) is 17.7. The number of benzene rings is 1. The summed E-state index contributed by atoms with van der Waals surface area (Å²) in [4.78, 5) is 0. The fraction of sp³-hybridized carbons (Fsp3) is 0.524. The number of hydrogen-bond acceptors (Lipinski definition) is 2. The standard InChI is InChI=1S/C21H30O2/c1-5-6-7-8-16-12-17(22)13-20(23)21(16)19-11-15(4)9-10-18(19)14(2)3/h11-13,18-19,22-23H,2,5-10H2,1,3-4H3/t18?,19-/m1/s1. The molecule has 1 aromatic rings. The molecule has 0 fully saturated rings. The molecule has 1 aliphatic rings. The minimum atomic E-state index is 0.154. The first-order valence-corrected chi connectivity index (χ1v) is 8.81. The second-order valence-corrected chi connectivity index (χ2v) is 7.03. The highest BCUT2D eigenvalue weighted by molar-refractivity contribution is 5.50. The molecular weight excluding hydrogens is 284 g/mol. The van der Waals surface area contributed by atoms with Gasteiger partial charge in [-0.3, -0.25) is 0 Å². The zero-order valence-electron chi connectivity index (χ0n) is 14.7. The van der Waals surface area contributed by atoms with Gasteiger partial charge in [-0.05, 0) is 57.1 Å². The van der Waals surface area contributed by atoms with E-state index in [4.69, 9.17) is 0 Å². The van der Waals surface area contributed by atoms with Gasteiger partial charge < -0.3 is 10.2 Å². The molecule has 126 valence electrons. The van der Waals surface area contributed by atoms with Crippen LogP contribution in [0.25, 0.3) is 0 Å². The molecule has 0 aromatic heterocycles. The van der Waals surface area contributed by atoms with E-state index >= 15 is 0 Å². The Morgan fingerprint density at radius 3 is 2.65 bits per heavy atom. The van der Waals surface area contributed by atoms with E-state index in [0.717, 1.165) is 43.2 Å². The molecule has 2 heteroatoms. The average Bonchev–Trinajstić information content (AvgIpc) is 2.46. The van der Waals surface area contributed by atoms with E-state index in [0.29, 0.717) is 5.92 Å². The van der Waals surface area contributed by atoms with Crippen LogP contribution in [0, 0.1) is 5.92 Å². The van der Waals surface area contributed by atoms with Crippen LogP contribution in [0.5, 0.6) is 11.5 Å². The summed E-state index contributed by atoms with van der Waals surface area (Å²) < 4.78 is 0. The van der Waals surface area contributed by atoms with Crippen LogP contribution in [-0.4, -0.2) is 10.2 Å². The summed E-state index contributed by atoms with van der Waals surface area (Å²) in [5.41, 5.74) is 4.62. The van der Waals surface area contributed by atoms with Crippen molar-refractivity contribution in [2.75, 3.05) is 0 Å². The summed E-state index contributed by atoms with van der Waals surface area (Å²) >= 11 is 0. The maximum atomic E-state index is 10.5. The van der Waals surface area contributed by atoms with E-state index in [1.165, 1.54) is 23.6 Å². The molecule has 2 nitrogen and oxygen atoms in total. The SMILES string of the molecule is C=C(C)C1CCC(C)=C[C@H]1c1c(O)cc(O)cc1CCCCC. The predicted molar refractivity (Wildman–Crippen MR) is 97.0 cm³/mol. The van der Waals surface area contributed by atoms with Gasteiger partial charge in [-0.25, -0.2) is 0 Å². The van der Waals surface area contributed by atoms with Crippen LogP contribution in [-0.2, 0) is 6.42 Å². The zero-order valence-corrected chi connectivity index (χ0v) is 14.7. The van der Waals surface area contributed by atoms with Crippen molar-refractivity contribution in [2.24, 2.45) is 5.92 Å². The van der Waals surface area contributed by atoms with Crippen LogP contribution in [0.4, 0.5) is 0 Å². The fourth-order valence-electron chi connectivity index (χ4n) is 3.74. The smallest absolute Gasteiger partial charge is 0.123 e. The van der Waals surface area contributed by atoms with Gasteiger partial charge in [0, 0.05) is 17.5 Å². The Morgan fingerprint density at radius 2 is 2.00 bits per heavy atom. The van der Waals surface area contributed by atoms with Crippen molar-refractivity contribution in [2.45, 2.75) is 65.2 Å². The number of unbranched alkanes of at least 4 members (excludes halogenated alkanes) is 2. The minimum Gasteiger partial charge on any atom is -0.508 e. The lowest BCUT2D eigenvalue weighted by atomic mass is 9.72. The zero-order chi connectivity index (χ0) is 17.0. The van der Waals surface area contributed by atoms with Gasteiger partial charge in [-0.2, -0.15) is 0 Å². The van der Waals surface area contributed by atoms with Crippen molar-refractivity contribution >= 4 is 0 Å². The molecule has 0 aliphatic heterocycles. The van der Waals surface area contributed by atoms with Crippen molar-refractivity contribution in [1.29, 1.82) is 0 Å².